The van der Waals surface area contributed by atoms with Crippen LogP contribution in [-0.4, -0.2) is 32.8 Å². The van der Waals surface area contributed by atoms with Crippen molar-refractivity contribution in [3.05, 3.63) is 64.7 Å². The number of rotatable bonds is 4. The Hall–Kier alpha value is -3.66. The standard InChI is InChI=1S/C20H19N5O2/c1-12-19(14-4-5-15(9-21)18(26)8-14)13(2)25(24-12)11-17-7-6-16(10-23-17)20(27)22-3/h4-8,10,26H,11H2,1-3H3,(H,22,27). The number of hydrogen-bond acceptors (Lipinski definition) is 5. The molecular weight excluding hydrogens is 342 g/mol. The number of aryl methyl sites for hydroxylation is 1. The molecule has 1 amide bonds. The molecule has 7 heteroatoms. The van der Waals surface area contributed by atoms with Gasteiger partial charge in [-0.2, -0.15) is 10.4 Å². The summed E-state index contributed by atoms with van der Waals surface area (Å²) >= 11 is 0. The maximum Gasteiger partial charge on any atom is 0.252 e. The van der Waals surface area contributed by atoms with Gasteiger partial charge in [-0.3, -0.25) is 14.5 Å². The molecule has 0 spiro atoms. The molecule has 27 heavy (non-hydrogen) atoms. The molecule has 2 heterocycles. The highest BCUT2D eigenvalue weighted by Gasteiger charge is 2.15. The van der Waals surface area contributed by atoms with Gasteiger partial charge in [0.25, 0.3) is 5.91 Å². The second-order valence-electron chi connectivity index (χ2n) is 6.16. The molecule has 0 fully saturated rings. The van der Waals surface area contributed by atoms with E-state index in [1.54, 1.807) is 43.6 Å². The molecule has 3 aromatic rings. The molecule has 2 aromatic heterocycles. The van der Waals surface area contributed by atoms with Crippen LogP contribution in [-0.2, 0) is 6.54 Å². The van der Waals surface area contributed by atoms with Crippen LogP contribution in [0.25, 0.3) is 11.1 Å². The van der Waals surface area contributed by atoms with Gasteiger partial charge in [0.1, 0.15) is 11.8 Å². The number of aromatic nitrogens is 3. The minimum Gasteiger partial charge on any atom is -0.507 e. The van der Waals surface area contributed by atoms with Crippen molar-refractivity contribution in [2.75, 3.05) is 7.05 Å². The van der Waals surface area contributed by atoms with Gasteiger partial charge in [-0.15, -0.1) is 0 Å². The van der Waals surface area contributed by atoms with Crippen LogP contribution in [0.3, 0.4) is 0 Å². The maximum absolute atomic E-state index is 11.6. The van der Waals surface area contributed by atoms with Crippen LogP contribution in [0.1, 0.15) is 33.0 Å². The van der Waals surface area contributed by atoms with E-state index in [2.05, 4.69) is 15.4 Å². The van der Waals surface area contributed by atoms with Crippen molar-refractivity contribution in [2.24, 2.45) is 0 Å². The lowest BCUT2D eigenvalue weighted by Gasteiger charge is -2.07. The van der Waals surface area contributed by atoms with Gasteiger partial charge in [-0.25, -0.2) is 0 Å². The van der Waals surface area contributed by atoms with Gasteiger partial charge < -0.3 is 10.4 Å². The number of nitrogens with zero attached hydrogens (tertiary/aromatic N) is 4. The van der Waals surface area contributed by atoms with Gasteiger partial charge in [0.05, 0.1) is 29.1 Å². The zero-order valence-corrected chi connectivity index (χ0v) is 15.3. The average molecular weight is 361 g/mol. The lowest BCUT2D eigenvalue weighted by molar-refractivity contribution is 0.0962. The molecule has 2 N–H and O–H groups in total. The average Bonchev–Trinajstić information content (AvgIpc) is 2.95. The van der Waals surface area contributed by atoms with E-state index >= 15 is 0 Å². The molecule has 136 valence electrons. The number of carbonyl (C=O) groups is 1. The largest absolute Gasteiger partial charge is 0.507 e. The normalized spacial score (nSPS) is 10.4. The van der Waals surface area contributed by atoms with E-state index in [4.69, 9.17) is 5.26 Å². The van der Waals surface area contributed by atoms with Crippen molar-refractivity contribution in [1.82, 2.24) is 20.1 Å². The van der Waals surface area contributed by atoms with E-state index in [0.717, 1.165) is 28.2 Å². The summed E-state index contributed by atoms with van der Waals surface area (Å²) in [5.74, 6) is -0.226. The molecule has 0 unspecified atom stereocenters. The van der Waals surface area contributed by atoms with Gasteiger partial charge in [-0.1, -0.05) is 6.07 Å². The fraction of sp³-hybridized carbons (Fsp3) is 0.200. The Labute approximate surface area is 156 Å². The minimum absolute atomic E-state index is 0.0481. The smallest absolute Gasteiger partial charge is 0.252 e. The Bertz CT molecular complexity index is 1050. The van der Waals surface area contributed by atoms with Gasteiger partial charge in [-0.05, 0) is 43.7 Å². The van der Waals surface area contributed by atoms with Crippen molar-refractivity contribution in [3.8, 4) is 22.9 Å². The number of amides is 1. The molecule has 0 saturated heterocycles. The fourth-order valence-electron chi connectivity index (χ4n) is 3.00. The minimum atomic E-state index is -0.178. The van der Waals surface area contributed by atoms with E-state index in [9.17, 15) is 9.90 Å². The number of benzene rings is 1. The zero-order chi connectivity index (χ0) is 19.6. The molecule has 1 aromatic carbocycles. The van der Waals surface area contributed by atoms with Crippen LogP contribution < -0.4 is 5.32 Å². The zero-order valence-electron chi connectivity index (χ0n) is 15.3. The molecule has 0 bridgehead atoms. The number of pyridine rings is 1. The SMILES string of the molecule is CNC(=O)c1ccc(Cn2nc(C)c(-c3ccc(C#N)c(O)c3)c2C)nc1. The molecular formula is C20H19N5O2. The van der Waals surface area contributed by atoms with E-state index in [1.165, 1.54) is 0 Å². The topological polar surface area (TPSA) is 104 Å². The van der Waals surface area contributed by atoms with Crippen LogP contribution in [0.15, 0.2) is 36.5 Å². The Morgan fingerprint density at radius 3 is 2.67 bits per heavy atom. The summed E-state index contributed by atoms with van der Waals surface area (Å²) in [5, 5.41) is 26.1. The number of phenolic OH excluding ortho intramolecular Hbond substituents is 1. The fourth-order valence-corrected chi connectivity index (χ4v) is 3.00. The highest BCUT2D eigenvalue weighted by Crippen LogP contribution is 2.31. The molecule has 0 aliphatic carbocycles. The van der Waals surface area contributed by atoms with Crippen LogP contribution >= 0.6 is 0 Å². The lowest BCUT2D eigenvalue weighted by Crippen LogP contribution is -2.18. The molecule has 0 atom stereocenters. The van der Waals surface area contributed by atoms with E-state index < -0.39 is 0 Å². The maximum atomic E-state index is 11.6. The second-order valence-corrected chi connectivity index (χ2v) is 6.16. The van der Waals surface area contributed by atoms with Crippen molar-refractivity contribution in [1.29, 1.82) is 5.26 Å². The quantitative estimate of drug-likeness (QED) is 0.743. The van der Waals surface area contributed by atoms with Crippen molar-refractivity contribution in [2.45, 2.75) is 20.4 Å². The Morgan fingerprint density at radius 1 is 1.30 bits per heavy atom. The monoisotopic (exact) mass is 361 g/mol. The summed E-state index contributed by atoms with van der Waals surface area (Å²) in [6.45, 7) is 4.31. The molecule has 0 saturated carbocycles. The molecule has 0 aliphatic heterocycles. The van der Waals surface area contributed by atoms with Crippen molar-refractivity contribution >= 4 is 5.91 Å². The molecule has 7 nitrogen and oxygen atoms in total. The summed E-state index contributed by atoms with van der Waals surface area (Å²) in [4.78, 5) is 15.9. The lowest BCUT2D eigenvalue weighted by atomic mass is 10.0. The van der Waals surface area contributed by atoms with Crippen LogP contribution in [0.2, 0.25) is 0 Å². The second kappa shape index (κ2) is 7.30. The number of hydrogen-bond donors (Lipinski definition) is 2. The van der Waals surface area contributed by atoms with Gasteiger partial charge >= 0.3 is 0 Å². The van der Waals surface area contributed by atoms with Crippen molar-refractivity contribution in [3.63, 3.8) is 0 Å². The molecule has 0 radical (unpaired) electrons. The first-order valence-electron chi connectivity index (χ1n) is 8.39. The highest BCUT2D eigenvalue weighted by atomic mass is 16.3. The third-order valence-electron chi connectivity index (χ3n) is 4.41. The molecule has 3 rings (SSSR count). The summed E-state index contributed by atoms with van der Waals surface area (Å²) in [6.07, 6.45) is 1.54. The first kappa shape index (κ1) is 18.1. The predicted molar refractivity (Wildman–Crippen MR) is 100 cm³/mol. The third kappa shape index (κ3) is 3.51. The summed E-state index contributed by atoms with van der Waals surface area (Å²) < 4.78 is 1.84. The summed E-state index contributed by atoms with van der Waals surface area (Å²) in [6, 6.07) is 10.5. The van der Waals surface area contributed by atoms with Gasteiger partial charge in [0.2, 0.25) is 0 Å². The van der Waals surface area contributed by atoms with E-state index in [1.807, 2.05) is 24.6 Å². The summed E-state index contributed by atoms with van der Waals surface area (Å²) in [7, 11) is 1.58. The Balaban J connectivity index is 1.91. The van der Waals surface area contributed by atoms with Gasteiger partial charge in [0, 0.05) is 24.5 Å². The first-order chi connectivity index (χ1) is 12.9. The number of nitrogens with one attached hydrogen (secondary N) is 1. The number of nitriles is 1. The Kier molecular flexibility index (Phi) is 4.90. The van der Waals surface area contributed by atoms with Crippen LogP contribution in [0, 0.1) is 25.2 Å². The number of aromatic hydroxyl groups is 1. The van der Waals surface area contributed by atoms with Crippen LogP contribution in [0.5, 0.6) is 5.75 Å². The third-order valence-corrected chi connectivity index (χ3v) is 4.41. The first-order valence-corrected chi connectivity index (χ1v) is 8.39. The van der Waals surface area contributed by atoms with E-state index in [0.29, 0.717) is 12.1 Å². The van der Waals surface area contributed by atoms with Crippen LogP contribution in [0.4, 0.5) is 0 Å². The molecule has 0 aliphatic rings. The number of carbonyl (C=O) groups excluding carboxylic acids is 1. The van der Waals surface area contributed by atoms with E-state index in [-0.39, 0.29) is 17.2 Å². The van der Waals surface area contributed by atoms with Gasteiger partial charge in [0.15, 0.2) is 0 Å². The summed E-state index contributed by atoms with van der Waals surface area (Å²) in [5.41, 5.74) is 4.98. The number of phenols is 1. The highest BCUT2D eigenvalue weighted by molar-refractivity contribution is 5.93. The van der Waals surface area contributed by atoms with Crippen molar-refractivity contribution < 1.29 is 9.90 Å². The Morgan fingerprint density at radius 2 is 2.07 bits per heavy atom. The predicted octanol–water partition coefficient (Wildman–Crippen LogP) is 2.55.